The standard InChI is InChI=1S/C13H23N3O2S.H2O4S/c1-4-16(5-2)12-8-6-7-11(9-12)13(10-14)15-19(3,17)18;1-5(2,3)4/h6-9,13,15H,4-5,10,14H2,1-3H3;(H2,1,2,3,4). The number of sulfonamides is 1. The van der Waals surface area contributed by atoms with Crippen molar-refractivity contribution in [3.8, 4) is 0 Å². The van der Waals surface area contributed by atoms with E-state index in [-0.39, 0.29) is 12.6 Å². The van der Waals surface area contributed by atoms with Crippen LogP contribution >= 0.6 is 0 Å². The zero-order valence-corrected chi connectivity index (χ0v) is 15.5. The van der Waals surface area contributed by atoms with Gasteiger partial charge in [0.05, 0.1) is 12.3 Å². The van der Waals surface area contributed by atoms with Crippen LogP contribution in [0.25, 0.3) is 0 Å². The van der Waals surface area contributed by atoms with E-state index in [2.05, 4.69) is 23.5 Å². The molecule has 0 aromatic heterocycles. The van der Waals surface area contributed by atoms with Gasteiger partial charge in [-0.25, -0.2) is 13.1 Å². The van der Waals surface area contributed by atoms with E-state index in [4.69, 9.17) is 23.3 Å². The highest BCUT2D eigenvalue weighted by molar-refractivity contribution is 7.88. The molecule has 0 aliphatic carbocycles. The second-order valence-electron chi connectivity index (χ2n) is 4.89. The van der Waals surface area contributed by atoms with E-state index in [0.717, 1.165) is 30.6 Å². The Morgan fingerprint density at radius 3 is 2.04 bits per heavy atom. The third-order valence-corrected chi connectivity index (χ3v) is 3.71. The zero-order chi connectivity index (χ0) is 19.0. The van der Waals surface area contributed by atoms with E-state index < -0.39 is 20.4 Å². The maximum absolute atomic E-state index is 11.3. The predicted molar refractivity (Wildman–Crippen MR) is 94.0 cm³/mol. The molecule has 24 heavy (non-hydrogen) atoms. The fourth-order valence-electron chi connectivity index (χ4n) is 2.04. The van der Waals surface area contributed by atoms with Crippen LogP contribution in [0, 0.1) is 0 Å². The molecule has 0 bridgehead atoms. The van der Waals surface area contributed by atoms with Crippen LogP contribution in [0.3, 0.4) is 0 Å². The number of benzene rings is 1. The molecule has 11 heteroatoms. The molecular formula is C13H25N3O6S2. The van der Waals surface area contributed by atoms with Crippen molar-refractivity contribution in [2.75, 3.05) is 30.8 Å². The van der Waals surface area contributed by atoms with Gasteiger partial charge in [0, 0.05) is 25.3 Å². The number of nitrogens with two attached hydrogens (primary N) is 1. The van der Waals surface area contributed by atoms with Crippen LogP contribution in [0.15, 0.2) is 24.3 Å². The minimum atomic E-state index is -4.67. The molecule has 9 nitrogen and oxygen atoms in total. The Morgan fingerprint density at radius 1 is 1.17 bits per heavy atom. The Balaban J connectivity index is 0.000000922. The third kappa shape index (κ3) is 10.5. The Labute approximate surface area is 143 Å². The number of rotatable bonds is 7. The van der Waals surface area contributed by atoms with Gasteiger partial charge in [-0.2, -0.15) is 8.42 Å². The fraction of sp³-hybridized carbons (Fsp3) is 0.538. The van der Waals surface area contributed by atoms with Crippen molar-refractivity contribution >= 4 is 26.1 Å². The summed E-state index contributed by atoms with van der Waals surface area (Å²) in [7, 11) is -7.94. The maximum Gasteiger partial charge on any atom is 0.394 e. The molecule has 0 saturated carbocycles. The minimum Gasteiger partial charge on any atom is -0.372 e. The van der Waals surface area contributed by atoms with Crippen molar-refractivity contribution in [1.82, 2.24) is 4.72 Å². The van der Waals surface area contributed by atoms with Crippen molar-refractivity contribution in [3.05, 3.63) is 29.8 Å². The SMILES string of the molecule is CCN(CC)c1cccc(C(CN)NS(C)(=O)=O)c1.O=S(=O)(O)O. The molecule has 0 spiro atoms. The van der Waals surface area contributed by atoms with Gasteiger partial charge in [-0.3, -0.25) is 9.11 Å². The van der Waals surface area contributed by atoms with Gasteiger partial charge in [0.25, 0.3) is 0 Å². The average molecular weight is 383 g/mol. The normalized spacial score (nSPS) is 12.9. The van der Waals surface area contributed by atoms with Gasteiger partial charge in [-0.15, -0.1) is 0 Å². The molecule has 1 atom stereocenters. The largest absolute Gasteiger partial charge is 0.394 e. The molecule has 0 heterocycles. The van der Waals surface area contributed by atoms with E-state index in [1.54, 1.807) is 0 Å². The van der Waals surface area contributed by atoms with E-state index in [1.807, 2.05) is 24.3 Å². The number of anilines is 1. The number of hydrogen-bond acceptors (Lipinski definition) is 6. The van der Waals surface area contributed by atoms with Crippen LogP contribution in [-0.4, -0.2) is 51.8 Å². The van der Waals surface area contributed by atoms with Crippen LogP contribution in [-0.2, 0) is 20.4 Å². The van der Waals surface area contributed by atoms with Gasteiger partial charge in [-0.05, 0) is 31.5 Å². The van der Waals surface area contributed by atoms with Crippen LogP contribution in [0.4, 0.5) is 5.69 Å². The lowest BCUT2D eigenvalue weighted by atomic mass is 10.1. The number of hydrogen-bond donors (Lipinski definition) is 4. The van der Waals surface area contributed by atoms with Crippen molar-refractivity contribution in [2.45, 2.75) is 19.9 Å². The second-order valence-corrected chi connectivity index (χ2v) is 7.57. The van der Waals surface area contributed by atoms with Gasteiger partial charge < -0.3 is 10.6 Å². The van der Waals surface area contributed by atoms with Crippen LogP contribution in [0.1, 0.15) is 25.5 Å². The highest BCUT2D eigenvalue weighted by atomic mass is 32.3. The highest BCUT2D eigenvalue weighted by Crippen LogP contribution is 2.20. The first-order valence-corrected chi connectivity index (χ1v) is 10.4. The summed E-state index contributed by atoms with van der Waals surface area (Å²) in [5.74, 6) is 0. The molecule has 5 N–H and O–H groups in total. The quantitative estimate of drug-likeness (QED) is 0.495. The molecule has 0 aliphatic rings. The third-order valence-electron chi connectivity index (χ3n) is 2.99. The van der Waals surface area contributed by atoms with Gasteiger partial charge in [-0.1, -0.05) is 12.1 Å². The lowest BCUT2D eigenvalue weighted by molar-refractivity contribution is 0.381. The van der Waals surface area contributed by atoms with Crippen molar-refractivity contribution < 1.29 is 25.9 Å². The van der Waals surface area contributed by atoms with Crippen LogP contribution in [0.5, 0.6) is 0 Å². The Hall–Kier alpha value is -1.24. The average Bonchev–Trinajstić information content (AvgIpc) is 2.44. The smallest absolute Gasteiger partial charge is 0.372 e. The van der Waals surface area contributed by atoms with Crippen LogP contribution < -0.4 is 15.4 Å². The number of nitrogens with zero attached hydrogens (tertiary/aromatic N) is 1. The lowest BCUT2D eigenvalue weighted by Crippen LogP contribution is -2.32. The highest BCUT2D eigenvalue weighted by Gasteiger charge is 2.15. The molecule has 0 radical (unpaired) electrons. The second kappa shape index (κ2) is 9.91. The molecule has 1 unspecified atom stereocenters. The van der Waals surface area contributed by atoms with E-state index in [1.165, 1.54) is 0 Å². The monoisotopic (exact) mass is 383 g/mol. The summed E-state index contributed by atoms with van der Waals surface area (Å²) < 4.78 is 56.8. The van der Waals surface area contributed by atoms with Gasteiger partial charge in [0.2, 0.25) is 10.0 Å². The summed E-state index contributed by atoms with van der Waals surface area (Å²) in [6, 6.07) is 7.44. The summed E-state index contributed by atoms with van der Waals surface area (Å²) in [6.07, 6.45) is 1.14. The molecule has 0 amide bonds. The summed E-state index contributed by atoms with van der Waals surface area (Å²) in [5, 5.41) is 0. The van der Waals surface area contributed by atoms with Gasteiger partial charge in [0.1, 0.15) is 0 Å². The maximum atomic E-state index is 11.3. The molecule has 1 rings (SSSR count). The summed E-state index contributed by atoms with van der Waals surface area (Å²) in [6.45, 7) is 6.23. The molecule has 0 saturated heterocycles. The Morgan fingerprint density at radius 2 is 1.67 bits per heavy atom. The van der Waals surface area contributed by atoms with Gasteiger partial charge in [0.15, 0.2) is 0 Å². The van der Waals surface area contributed by atoms with E-state index >= 15 is 0 Å². The van der Waals surface area contributed by atoms with Crippen LogP contribution in [0.2, 0.25) is 0 Å². The van der Waals surface area contributed by atoms with Crippen molar-refractivity contribution in [1.29, 1.82) is 0 Å². The Kier molecular flexibility index (Phi) is 9.40. The summed E-state index contributed by atoms with van der Waals surface area (Å²) >= 11 is 0. The summed E-state index contributed by atoms with van der Waals surface area (Å²) in [4.78, 5) is 2.21. The first-order valence-electron chi connectivity index (χ1n) is 7.13. The molecule has 1 aromatic carbocycles. The molecule has 1 aromatic rings. The fourth-order valence-corrected chi connectivity index (χ4v) is 2.79. The number of nitrogens with one attached hydrogen (secondary N) is 1. The summed E-state index contributed by atoms with van der Waals surface area (Å²) in [5.41, 5.74) is 7.63. The Bertz CT molecular complexity index is 694. The topological polar surface area (TPSA) is 150 Å². The van der Waals surface area contributed by atoms with Crippen molar-refractivity contribution in [3.63, 3.8) is 0 Å². The van der Waals surface area contributed by atoms with Gasteiger partial charge >= 0.3 is 10.4 Å². The lowest BCUT2D eigenvalue weighted by Gasteiger charge is -2.23. The van der Waals surface area contributed by atoms with Crippen molar-refractivity contribution in [2.24, 2.45) is 5.73 Å². The zero-order valence-electron chi connectivity index (χ0n) is 13.9. The first-order chi connectivity index (χ1) is 10.9. The minimum absolute atomic E-state index is 0.231. The molecule has 0 aliphatic heterocycles. The van der Waals surface area contributed by atoms with E-state index in [9.17, 15) is 8.42 Å². The molecular weight excluding hydrogens is 358 g/mol. The predicted octanol–water partition coefficient (Wildman–Crippen LogP) is 0.429. The first kappa shape index (κ1) is 22.8. The van der Waals surface area contributed by atoms with E-state index in [0.29, 0.717) is 0 Å². The molecule has 140 valence electrons. The molecule has 0 fully saturated rings.